The van der Waals surface area contributed by atoms with Crippen LogP contribution in [0.1, 0.15) is 49.8 Å². The minimum absolute atomic E-state index is 0. The molecule has 2 heterocycles. The Morgan fingerprint density at radius 3 is 2.84 bits per heavy atom. The van der Waals surface area contributed by atoms with Crippen LogP contribution in [0.15, 0.2) is 22.7 Å². The lowest BCUT2D eigenvalue weighted by Gasteiger charge is -2.22. The molecule has 7 heteroatoms. The van der Waals surface area contributed by atoms with Crippen molar-refractivity contribution in [3.05, 3.63) is 29.7 Å². The number of hydrogen-bond donors (Lipinski definition) is 3. The molecular formula is C18H27ClN4O2. The van der Waals surface area contributed by atoms with Gasteiger partial charge in [-0.05, 0) is 31.9 Å². The molecule has 3 rings (SSSR count). The highest BCUT2D eigenvalue weighted by atomic mass is 35.5. The maximum Gasteiger partial charge on any atom is 0.221 e. The van der Waals surface area contributed by atoms with E-state index in [0.29, 0.717) is 25.6 Å². The minimum Gasteiger partial charge on any atom is -0.460 e. The number of H-pyrrole nitrogens is 1. The molecular weight excluding hydrogens is 340 g/mol. The number of carbonyl (C=O) groups is 1. The highest BCUT2D eigenvalue weighted by molar-refractivity contribution is 5.85. The van der Waals surface area contributed by atoms with E-state index in [1.54, 1.807) is 6.20 Å². The van der Waals surface area contributed by atoms with Gasteiger partial charge in [-0.2, -0.15) is 5.10 Å². The molecule has 1 fully saturated rings. The number of aromatic amines is 1. The van der Waals surface area contributed by atoms with Crippen LogP contribution in [0.2, 0.25) is 0 Å². The van der Waals surface area contributed by atoms with Gasteiger partial charge in [-0.3, -0.25) is 9.89 Å². The van der Waals surface area contributed by atoms with E-state index < -0.39 is 0 Å². The van der Waals surface area contributed by atoms with E-state index in [0.717, 1.165) is 35.6 Å². The number of nitrogens with zero attached hydrogens (tertiary/aromatic N) is 1. The molecule has 0 saturated heterocycles. The average molecular weight is 367 g/mol. The average Bonchev–Trinajstić information content (AvgIpc) is 3.21. The first-order chi connectivity index (χ1) is 11.7. The van der Waals surface area contributed by atoms with Crippen LogP contribution in [0.25, 0.3) is 11.5 Å². The summed E-state index contributed by atoms with van der Waals surface area (Å²) in [5, 5.41) is 13.5. The Kier molecular flexibility index (Phi) is 7.52. The third-order valence-electron chi connectivity index (χ3n) is 4.52. The number of furan rings is 1. The summed E-state index contributed by atoms with van der Waals surface area (Å²) in [6.45, 7) is 3.23. The molecule has 0 radical (unpaired) electrons. The molecule has 138 valence electrons. The van der Waals surface area contributed by atoms with E-state index in [9.17, 15) is 4.79 Å². The third kappa shape index (κ3) is 5.61. The van der Waals surface area contributed by atoms with E-state index in [4.69, 9.17) is 4.42 Å². The summed E-state index contributed by atoms with van der Waals surface area (Å²) in [6.07, 6.45) is 8.32. The minimum atomic E-state index is 0. The molecule has 0 spiro atoms. The first kappa shape index (κ1) is 19.5. The Bertz CT molecular complexity index is 662. The van der Waals surface area contributed by atoms with Gasteiger partial charge in [0.05, 0.1) is 6.20 Å². The fraction of sp³-hybridized carbons (Fsp3) is 0.556. The Labute approximate surface area is 154 Å². The molecule has 0 unspecified atom stereocenters. The van der Waals surface area contributed by atoms with E-state index in [1.807, 2.05) is 19.1 Å². The van der Waals surface area contributed by atoms with Gasteiger partial charge >= 0.3 is 0 Å². The lowest BCUT2D eigenvalue weighted by molar-refractivity contribution is -0.121. The zero-order valence-electron chi connectivity index (χ0n) is 14.6. The number of nitrogens with one attached hydrogen (secondary N) is 3. The lowest BCUT2D eigenvalue weighted by Crippen LogP contribution is -2.37. The van der Waals surface area contributed by atoms with Gasteiger partial charge in [-0.15, -0.1) is 12.4 Å². The number of hydrogen-bond acceptors (Lipinski definition) is 4. The SMILES string of the molecule is Cc1ccc(-c2[nH]ncc2CNCCC(=O)NC2CCCCC2)o1.Cl. The zero-order valence-corrected chi connectivity index (χ0v) is 15.5. The smallest absolute Gasteiger partial charge is 0.221 e. The van der Waals surface area contributed by atoms with Crippen LogP contribution >= 0.6 is 12.4 Å². The van der Waals surface area contributed by atoms with E-state index in [1.165, 1.54) is 19.3 Å². The standard InChI is InChI=1S/C18H26N4O2.ClH/c1-13-7-8-16(24-13)18-14(12-20-22-18)11-19-10-9-17(23)21-15-5-3-2-4-6-15;/h7-8,12,15,19H,2-6,9-11H2,1H3,(H,20,22)(H,21,23);1H. The normalized spacial score (nSPS) is 14.9. The van der Waals surface area contributed by atoms with Crippen molar-refractivity contribution in [2.75, 3.05) is 6.54 Å². The Morgan fingerprint density at radius 2 is 2.12 bits per heavy atom. The van der Waals surface area contributed by atoms with Crippen molar-refractivity contribution >= 4 is 18.3 Å². The van der Waals surface area contributed by atoms with Gasteiger partial charge in [0.1, 0.15) is 11.5 Å². The van der Waals surface area contributed by atoms with Crippen LogP contribution < -0.4 is 10.6 Å². The summed E-state index contributed by atoms with van der Waals surface area (Å²) in [5.74, 6) is 1.80. The van der Waals surface area contributed by atoms with Crippen LogP contribution in [0.3, 0.4) is 0 Å². The molecule has 1 saturated carbocycles. The number of aromatic nitrogens is 2. The van der Waals surface area contributed by atoms with E-state index in [-0.39, 0.29) is 18.3 Å². The van der Waals surface area contributed by atoms with Crippen molar-refractivity contribution in [1.82, 2.24) is 20.8 Å². The number of halogens is 1. The number of rotatable bonds is 7. The molecule has 0 atom stereocenters. The van der Waals surface area contributed by atoms with Gasteiger partial charge in [-0.25, -0.2) is 0 Å². The fourth-order valence-electron chi connectivity index (χ4n) is 3.20. The second-order valence-corrected chi connectivity index (χ2v) is 6.51. The quantitative estimate of drug-likeness (QED) is 0.656. The van der Waals surface area contributed by atoms with Crippen LogP contribution in [-0.2, 0) is 11.3 Å². The fourth-order valence-corrected chi connectivity index (χ4v) is 3.20. The highest BCUT2D eigenvalue weighted by Gasteiger charge is 2.15. The summed E-state index contributed by atoms with van der Waals surface area (Å²) < 4.78 is 5.63. The maximum atomic E-state index is 12.0. The summed E-state index contributed by atoms with van der Waals surface area (Å²) in [4.78, 5) is 12.0. The van der Waals surface area contributed by atoms with Gasteiger partial charge < -0.3 is 15.1 Å². The Balaban J connectivity index is 0.00000225. The van der Waals surface area contributed by atoms with Crippen LogP contribution in [-0.4, -0.2) is 28.7 Å². The molecule has 2 aromatic rings. The van der Waals surface area contributed by atoms with Crippen LogP contribution in [0.4, 0.5) is 0 Å². The van der Waals surface area contributed by atoms with E-state index in [2.05, 4.69) is 20.8 Å². The zero-order chi connectivity index (χ0) is 16.8. The monoisotopic (exact) mass is 366 g/mol. The van der Waals surface area contributed by atoms with Crippen molar-refractivity contribution in [2.24, 2.45) is 0 Å². The largest absolute Gasteiger partial charge is 0.460 e. The summed E-state index contributed by atoms with van der Waals surface area (Å²) >= 11 is 0. The molecule has 6 nitrogen and oxygen atoms in total. The molecule has 0 aromatic carbocycles. The topological polar surface area (TPSA) is 83.0 Å². The van der Waals surface area contributed by atoms with Crippen molar-refractivity contribution in [2.45, 2.75) is 58.0 Å². The first-order valence-corrected chi connectivity index (χ1v) is 8.81. The van der Waals surface area contributed by atoms with Crippen molar-refractivity contribution in [3.8, 4) is 11.5 Å². The van der Waals surface area contributed by atoms with Crippen molar-refractivity contribution in [1.29, 1.82) is 0 Å². The van der Waals surface area contributed by atoms with Gasteiger partial charge in [-0.1, -0.05) is 19.3 Å². The second kappa shape index (κ2) is 9.63. The summed E-state index contributed by atoms with van der Waals surface area (Å²) in [6, 6.07) is 4.25. The van der Waals surface area contributed by atoms with Crippen molar-refractivity contribution in [3.63, 3.8) is 0 Å². The third-order valence-corrected chi connectivity index (χ3v) is 4.52. The highest BCUT2D eigenvalue weighted by Crippen LogP contribution is 2.23. The predicted octanol–water partition coefficient (Wildman–Crippen LogP) is 3.33. The van der Waals surface area contributed by atoms with Gasteiger partial charge in [0.15, 0.2) is 5.76 Å². The molecule has 0 bridgehead atoms. The first-order valence-electron chi connectivity index (χ1n) is 8.81. The number of aryl methyl sites for hydroxylation is 1. The lowest BCUT2D eigenvalue weighted by atomic mass is 9.95. The second-order valence-electron chi connectivity index (χ2n) is 6.51. The van der Waals surface area contributed by atoms with Crippen molar-refractivity contribution < 1.29 is 9.21 Å². The van der Waals surface area contributed by atoms with Gasteiger partial charge in [0, 0.05) is 31.1 Å². The molecule has 1 amide bonds. The molecule has 1 aliphatic rings. The predicted molar refractivity (Wildman–Crippen MR) is 99.6 cm³/mol. The number of amides is 1. The number of carbonyl (C=O) groups excluding carboxylic acids is 1. The van der Waals surface area contributed by atoms with Gasteiger partial charge in [0.25, 0.3) is 0 Å². The van der Waals surface area contributed by atoms with Gasteiger partial charge in [0.2, 0.25) is 5.91 Å². The molecule has 2 aromatic heterocycles. The van der Waals surface area contributed by atoms with E-state index >= 15 is 0 Å². The molecule has 0 aliphatic heterocycles. The maximum absolute atomic E-state index is 12.0. The summed E-state index contributed by atoms with van der Waals surface area (Å²) in [5.41, 5.74) is 1.93. The Hall–Kier alpha value is -1.79. The van der Waals surface area contributed by atoms with Crippen LogP contribution in [0, 0.1) is 6.92 Å². The molecule has 3 N–H and O–H groups in total. The summed E-state index contributed by atoms with van der Waals surface area (Å²) in [7, 11) is 0. The molecule has 25 heavy (non-hydrogen) atoms. The Morgan fingerprint density at radius 1 is 1.32 bits per heavy atom. The van der Waals surface area contributed by atoms with Crippen LogP contribution in [0.5, 0.6) is 0 Å². The molecule has 1 aliphatic carbocycles.